The number of nitrogens with one attached hydrogen (secondary N) is 3. The lowest BCUT2D eigenvalue weighted by Gasteiger charge is -2.12. The fourth-order valence-corrected chi connectivity index (χ4v) is 5.52. The molecule has 4 aromatic carbocycles. The Balaban J connectivity index is 1.27. The van der Waals surface area contributed by atoms with Crippen LogP contribution in [0.15, 0.2) is 125 Å². The Morgan fingerprint density at radius 3 is 2.22 bits per heavy atom. The average molecular weight is 632 g/mol. The molecule has 5 aromatic rings. The van der Waals surface area contributed by atoms with Crippen LogP contribution in [0.2, 0.25) is 0 Å². The van der Waals surface area contributed by atoms with Crippen LogP contribution in [0, 0.1) is 13.8 Å². The number of benzene rings is 4. The summed E-state index contributed by atoms with van der Waals surface area (Å²) < 4.78 is 3.21. The summed E-state index contributed by atoms with van der Waals surface area (Å²) in [6, 6.07) is 32.5. The minimum Gasteiger partial charge on any atom is -0.321 e. The van der Waals surface area contributed by atoms with Gasteiger partial charge in [0.15, 0.2) is 0 Å². The molecule has 46 heavy (non-hydrogen) atoms. The molecule has 1 heterocycles. The third-order valence-corrected chi connectivity index (χ3v) is 8.16. The first kappa shape index (κ1) is 31.8. The van der Waals surface area contributed by atoms with Crippen LogP contribution in [-0.2, 0) is 16.6 Å². The van der Waals surface area contributed by atoms with Crippen LogP contribution in [-0.4, -0.2) is 32.8 Å². The molecular weight excluding hydrogens is 598 g/mol. The maximum Gasteiger partial charge on any atom is 0.295 e. The summed E-state index contributed by atoms with van der Waals surface area (Å²) in [5.74, 6) is -1.20. The van der Waals surface area contributed by atoms with Gasteiger partial charge in [0.1, 0.15) is 11.4 Å². The number of anilines is 2. The molecule has 0 saturated carbocycles. The monoisotopic (exact) mass is 631 g/mol. The van der Waals surface area contributed by atoms with Crippen LogP contribution >= 0.6 is 11.8 Å². The molecule has 0 fully saturated rings. The Hall–Kier alpha value is -5.61. The van der Waals surface area contributed by atoms with Crippen LogP contribution < -0.4 is 21.5 Å². The molecule has 9 nitrogen and oxygen atoms in total. The van der Waals surface area contributed by atoms with E-state index in [2.05, 4.69) is 16.0 Å². The van der Waals surface area contributed by atoms with Gasteiger partial charge in [-0.05, 0) is 68.0 Å². The lowest BCUT2D eigenvalue weighted by molar-refractivity contribution is -0.114. The normalized spacial score (nSPS) is 11.2. The number of aryl methyl sites for hydroxylation is 1. The van der Waals surface area contributed by atoms with Gasteiger partial charge in [0.2, 0.25) is 5.91 Å². The molecule has 1 aromatic heterocycles. The molecule has 3 N–H and O–H groups in total. The Morgan fingerprint density at radius 1 is 0.804 bits per heavy atom. The molecule has 232 valence electrons. The smallest absolute Gasteiger partial charge is 0.295 e. The Kier molecular flexibility index (Phi) is 9.99. The number of hydrogen-bond donors (Lipinski definition) is 3. The zero-order valence-corrected chi connectivity index (χ0v) is 26.4. The molecule has 0 bridgehead atoms. The second-order valence-electron chi connectivity index (χ2n) is 10.5. The molecule has 0 aliphatic heterocycles. The quantitative estimate of drug-likeness (QED) is 0.131. The van der Waals surface area contributed by atoms with Gasteiger partial charge in [0.05, 0.1) is 17.1 Å². The van der Waals surface area contributed by atoms with Crippen molar-refractivity contribution in [2.24, 2.45) is 7.05 Å². The summed E-state index contributed by atoms with van der Waals surface area (Å²) in [5, 5.41) is 8.37. The van der Waals surface area contributed by atoms with Gasteiger partial charge in [-0.25, -0.2) is 4.68 Å². The van der Waals surface area contributed by atoms with Gasteiger partial charge in [0, 0.05) is 23.2 Å². The van der Waals surface area contributed by atoms with E-state index in [4.69, 9.17) is 0 Å². The molecule has 5 rings (SSSR count). The highest BCUT2D eigenvalue weighted by atomic mass is 32.2. The molecule has 0 saturated heterocycles. The van der Waals surface area contributed by atoms with E-state index >= 15 is 0 Å². The van der Waals surface area contributed by atoms with Crippen molar-refractivity contribution in [1.29, 1.82) is 0 Å². The van der Waals surface area contributed by atoms with E-state index in [1.807, 2.05) is 73.7 Å². The standard InChI is InChI=1S/C36H33N5O4S/c1-24-12-10-13-26(20-24)21-31(38-34(43)27-14-6-4-7-15-27)35(44)37-28-16-11-19-30(22-28)46-23-32(42)39-33-25(2)40(3)41(36(33)45)29-17-8-5-9-18-29/h4-22H,23H2,1-3H3,(H,37,44)(H,38,43)(H,39,42)/b31-21+. The summed E-state index contributed by atoms with van der Waals surface area (Å²) in [7, 11) is 1.77. The molecule has 0 unspecified atom stereocenters. The molecule has 0 aliphatic rings. The van der Waals surface area contributed by atoms with Crippen molar-refractivity contribution in [1.82, 2.24) is 14.7 Å². The lowest BCUT2D eigenvalue weighted by Crippen LogP contribution is -2.30. The van der Waals surface area contributed by atoms with Crippen LogP contribution in [0.1, 0.15) is 27.2 Å². The molecule has 0 spiro atoms. The molecule has 0 aliphatic carbocycles. The average Bonchev–Trinajstić information content (AvgIpc) is 3.27. The summed E-state index contributed by atoms with van der Waals surface area (Å²) in [5.41, 5.74) is 4.01. The zero-order valence-electron chi connectivity index (χ0n) is 25.6. The van der Waals surface area contributed by atoms with Crippen molar-refractivity contribution in [2.75, 3.05) is 16.4 Å². The molecule has 10 heteroatoms. The lowest BCUT2D eigenvalue weighted by atomic mass is 10.1. The Bertz CT molecular complexity index is 1980. The highest BCUT2D eigenvalue weighted by Crippen LogP contribution is 2.23. The number of aromatic nitrogens is 2. The maximum absolute atomic E-state index is 13.4. The predicted octanol–water partition coefficient (Wildman–Crippen LogP) is 5.93. The van der Waals surface area contributed by atoms with E-state index in [9.17, 15) is 19.2 Å². The summed E-state index contributed by atoms with van der Waals surface area (Å²) in [6.07, 6.45) is 1.63. The number of carbonyl (C=O) groups excluding carboxylic acids is 3. The SMILES string of the molecule is Cc1cccc(/C=C(/NC(=O)c2ccccc2)C(=O)Nc2cccc(SCC(=O)Nc3c(C)n(C)n(-c4ccccc4)c3=O)c2)c1. The molecule has 3 amide bonds. The first-order valence-corrected chi connectivity index (χ1v) is 15.5. The number of thioether (sulfide) groups is 1. The fourth-order valence-electron chi connectivity index (χ4n) is 4.77. The Labute approximate surface area is 270 Å². The van der Waals surface area contributed by atoms with Crippen LogP contribution in [0.4, 0.5) is 11.4 Å². The summed E-state index contributed by atoms with van der Waals surface area (Å²) in [4.78, 5) is 53.2. The van der Waals surface area contributed by atoms with E-state index in [0.29, 0.717) is 22.6 Å². The predicted molar refractivity (Wildman–Crippen MR) is 183 cm³/mol. The van der Waals surface area contributed by atoms with E-state index < -0.39 is 11.8 Å². The highest BCUT2D eigenvalue weighted by molar-refractivity contribution is 8.00. The van der Waals surface area contributed by atoms with Gasteiger partial charge < -0.3 is 16.0 Å². The third-order valence-electron chi connectivity index (χ3n) is 7.16. The number of amides is 3. The first-order chi connectivity index (χ1) is 22.2. The van der Waals surface area contributed by atoms with Crippen molar-refractivity contribution in [3.8, 4) is 5.69 Å². The van der Waals surface area contributed by atoms with Gasteiger partial charge in [-0.3, -0.25) is 23.9 Å². The topological polar surface area (TPSA) is 114 Å². The number of nitrogens with zero attached hydrogens (tertiary/aromatic N) is 2. The van der Waals surface area contributed by atoms with E-state index in [0.717, 1.165) is 16.0 Å². The van der Waals surface area contributed by atoms with Gasteiger partial charge in [-0.1, -0.05) is 72.3 Å². The summed E-state index contributed by atoms with van der Waals surface area (Å²) in [6.45, 7) is 3.73. The minimum atomic E-state index is -0.500. The van der Waals surface area contributed by atoms with E-state index in [1.165, 1.54) is 16.4 Å². The van der Waals surface area contributed by atoms with Gasteiger partial charge >= 0.3 is 0 Å². The molecular formula is C36H33N5O4S. The van der Waals surface area contributed by atoms with Crippen molar-refractivity contribution in [2.45, 2.75) is 18.7 Å². The van der Waals surface area contributed by atoms with Crippen molar-refractivity contribution in [3.63, 3.8) is 0 Å². The maximum atomic E-state index is 13.4. The Morgan fingerprint density at radius 2 is 1.50 bits per heavy atom. The first-order valence-electron chi connectivity index (χ1n) is 14.5. The number of rotatable bonds is 10. The number of hydrogen-bond acceptors (Lipinski definition) is 5. The van der Waals surface area contributed by atoms with Crippen molar-refractivity contribution >= 4 is 46.9 Å². The van der Waals surface area contributed by atoms with Crippen LogP contribution in [0.3, 0.4) is 0 Å². The second-order valence-corrected chi connectivity index (χ2v) is 11.6. The molecule has 0 atom stereocenters. The van der Waals surface area contributed by atoms with Gasteiger partial charge in [0.25, 0.3) is 17.4 Å². The minimum absolute atomic E-state index is 0.0438. The highest BCUT2D eigenvalue weighted by Gasteiger charge is 2.19. The number of para-hydroxylation sites is 1. The fraction of sp³-hybridized carbons (Fsp3) is 0.111. The van der Waals surface area contributed by atoms with Gasteiger partial charge in [-0.2, -0.15) is 0 Å². The van der Waals surface area contributed by atoms with E-state index in [-0.39, 0.29) is 28.6 Å². The second kappa shape index (κ2) is 14.4. The third kappa shape index (κ3) is 7.72. The summed E-state index contributed by atoms with van der Waals surface area (Å²) >= 11 is 1.27. The van der Waals surface area contributed by atoms with E-state index in [1.54, 1.807) is 67.2 Å². The largest absolute Gasteiger partial charge is 0.321 e. The van der Waals surface area contributed by atoms with Crippen LogP contribution in [0.5, 0.6) is 0 Å². The van der Waals surface area contributed by atoms with Crippen molar-refractivity contribution < 1.29 is 14.4 Å². The van der Waals surface area contributed by atoms with Crippen molar-refractivity contribution in [3.05, 3.63) is 148 Å². The zero-order chi connectivity index (χ0) is 32.6. The van der Waals surface area contributed by atoms with Gasteiger partial charge in [-0.15, -0.1) is 11.8 Å². The van der Waals surface area contributed by atoms with Crippen LogP contribution in [0.25, 0.3) is 11.8 Å². The molecule has 0 radical (unpaired) electrons. The number of carbonyl (C=O) groups is 3.